The van der Waals surface area contributed by atoms with Gasteiger partial charge in [0, 0.05) is 11.8 Å². The monoisotopic (exact) mass is 443 g/mol. The summed E-state index contributed by atoms with van der Waals surface area (Å²) in [5.41, 5.74) is 1.65. The molecule has 0 bridgehead atoms. The number of aryl methyl sites for hydroxylation is 1. The summed E-state index contributed by atoms with van der Waals surface area (Å²) in [6.07, 6.45) is 0. The van der Waals surface area contributed by atoms with Gasteiger partial charge in [-0.1, -0.05) is 30.0 Å². The van der Waals surface area contributed by atoms with Crippen molar-refractivity contribution in [1.82, 2.24) is 9.55 Å². The molecule has 2 aromatic carbocycles. The number of thiophene rings is 1. The SMILES string of the molecule is Cc1ccccc1NC(=O)CSc1nc2ccsc2c(=O)n1-c1cc(F)cc(F)c1. The van der Waals surface area contributed by atoms with Crippen molar-refractivity contribution < 1.29 is 13.6 Å². The van der Waals surface area contributed by atoms with E-state index in [-0.39, 0.29) is 22.5 Å². The molecule has 0 spiro atoms. The van der Waals surface area contributed by atoms with Crippen LogP contribution in [0.2, 0.25) is 0 Å². The highest BCUT2D eigenvalue weighted by atomic mass is 32.2. The first kappa shape index (κ1) is 20.2. The van der Waals surface area contributed by atoms with Crippen molar-refractivity contribution in [1.29, 1.82) is 0 Å². The Balaban J connectivity index is 1.68. The highest BCUT2D eigenvalue weighted by Gasteiger charge is 2.17. The summed E-state index contributed by atoms with van der Waals surface area (Å²) in [6.45, 7) is 1.88. The van der Waals surface area contributed by atoms with Crippen LogP contribution in [0.5, 0.6) is 0 Å². The maximum Gasteiger partial charge on any atom is 0.276 e. The number of para-hydroxylation sites is 1. The third-order valence-corrected chi connectivity index (χ3v) is 6.14. The molecule has 152 valence electrons. The first-order valence-electron chi connectivity index (χ1n) is 8.87. The molecule has 2 heterocycles. The number of aromatic nitrogens is 2. The topological polar surface area (TPSA) is 64.0 Å². The van der Waals surface area contributed by atoms with E-state index in [4.69, 9.17) is 0 Å². The summed E-state index contributed by atoms with van der Waals surface area (Å²) < 4.78 is 29.1. The van der Waals surface area contributed by atoms with Crippen molar-refractivity contribution in [3.63, 3.8) is 0 Å². The summed E-state index contributed by atoms with van der Waals surface area (Å²) in [4.78, 5) is 29.9. The zero-order valence-electron chi connectivity index (χ0n) is 15.7. The molecule has 0 fully saturated rings. The van der Waals surface area contributed by atoms with Gasteiger partial charge in [-0.05, 0) is 42.1 Å². The Labute approximate surface area is 178 Å². The molecule has 2 aromatic heterocycles. The van der Waals surface area contributed by atoms with Crippen molar-refractivity contribution in [3.05, 3.63) is 81.5 Å². The van der Waals surface area contributed by atoms with Gasteiger partial charge in [0.05, 0.1) is 17.0 Å². The molecule has 0 atom stereocenters. The van der Waals surface area contributed by atoms with Crippen LogP contribution in [0.4, 0.5) is 14.5 Å². The number of carbonyl (C=O) groups is 1. The van der Waals surface area contributed by atoms with Crippen molar-refractivity contribution >= 4 is 44.9 Å². The minimum atomic E-state index is -0.809. The first-order chi connectivity index (χ1) is 14.4. The number of rotatable bonds is 5. The maximum absolute atomic E-state index is 13.8. The standard InChI is InChI=1S/C21H15F2N3O2S2/c1-12-4-2-3-5-16(12)24-18(27)11-30-21-25-17-6-7-29-19(17)20(28)26(21)15-9-13(22)8-14(23)10-15/h2-10H,11H2,1H3,(H,24,27). The average Bonchev–Trinajstić information content (AvgIpc) is 3.16. The Hall–Kier alpha value is -3.04. The lowest BCUT2D eigenvalue weighted by molar-refractivity contribution is -0.113. The number of nitrogens with zero attached hydrogens (tertiary/aromatic N) is 2. The number of carbonyl (C=O) groups excluding carboxylic acids is 1. The summed E-state index contributed by atoms with van der Waals surface area (Å²) in [6, 6.07) is 11.9. The van der Waals surface area contributed by atoms with Gasteiger partial charge >= 0.3 is 0 Å². The summed E-state index contributed by atoms with van der Waals surface area (Å²) in [5.74, 6) is -1.94. The van der Waals surface area contributed by atoms with E-state index >= 15 is 0 Å². The predicted molar refractivity (Wildman–Crippen MR) is 116 cm³/mol. The molecular formula is C21H15F2N3O2S2. The summed E-state index contributed by atoms with van der Waals surface area (Å²) in [7, 11) is 0. The fraction of sp³-hybridized carbons (Fsp3) is 0.0952. The van der Waals surface area contributed by atoms with Gasteiger partial charge < -0.3 is 5.32 Å². The maximum atomic E-state index is 13.8. The van der Waals surface area contributed by atoms with Crippen LogP contribution in [0.3, 0.4) is 0 Å². The van der Waals surface area contributed by atoms with Gasteiger partial charge in [-0.15, -0.1) is 11.3 Å². The van der Waals surface area contributed by atoms with Crippen LogP contribution in [-0.4, -0.2) is 21.2 Å². The molecule has 0 aliphatic carbocycles. The molecule has 0 unspecified atom stereocenters. The van der Waals surface area contributed by atoms with Crippen LogP contribution in [-0.2, 0) is 4.79 Å². The van der Waals surface area contributed by atoms with Crippen molar-refractivity contribution in [2.24, 2.45) is 0 Å². The molecule has 4 aromatic rings. The first-order valence-corrected chi connectivity index (χ1v) is 10.7. The van der Waals surface area contributed by atoms with Crippen LogP contribution < -0.4 is 10.9 Å². The Morgan fingerprint density at radius 3 is 2.63 bits per heavy atom. The van der Waals surface area contributed by atoms with Gasteiger partial charge in [0.2, 0.25) is 5.91 Å². The molecule has 4 rings (SSSR count). The number of hydrogen-bond donors (Lipinski definition) is 1. The van der Waals surface area contributed by atoms with Crippen LogP contribution in [0, 0.1) is 18.6 Å². The number of nitrogens with one attached hydrogen (secondary N) is 1. The third-order valence-electron chi connectivity index (χ3n) is 4.31. The predicted octanol–water partition coefficient (Wildman–Crippen LogP) is 4.76. The Morgan fingerprint density at radius 1 is 1.17 bits per heavy atom. The van der Waals surface area contributed by atoms with E-state index in [1.54, 1.807) is 17.5 Å². The number of benzene rings is 2. The van der Waals surface area contributed by atoms with Gasteiger partial charge in [0.25, 0.3) is 5.56 Å². The molecule has 0 aliphatic heterocycles. The number of amides is 1. The molecule has 0 aliphatic rings. The largest absolute Gasteiger partial charge is 0.325 e. The quantitative estimate of drug-likeness (QED) is 0.357. The van der Waals surface area contributed by atoms with E-state index in [2.05, 4.69) is 10.3 Å². The van der Waals surface area contributed by atoms with E-state index < -0.39 is 17.2 Å². The van der Waals surface area contributed by atoms with Gasteiger partial charge in [-0.3, -0.25) is 14.2 Å². The zero-order chi connectivity index (χ0) is 21.3. The second-order valence-electron chi connectivity index (χ2n) is 6.45. The molecule has 0 saturated heterocycles. The molecule has 0 radical (unpaired) electrons. The zero-order valence-corrected chi connectivity index (χ0v) is 17.3. The summed E-state index contributed by atoms with van der Waals surface area (Å²) in [5, 5.41) is 4.71. The molecular weight excluding hydrogens is 428 g/mol. The van der Waals surface area contributed by atoms with E-state index in [9.17, 15) is 18.4 Å². The lowest BCUT2D eigenvalue weighted by atomic mass is 10.2. The van der Waals surface area contributed by atoms with Crippen LogP contribution in [0.25, 0.3) is 15.9 Å². The average molecular weight is 444 g/mol. The van der Waals surface area contributed by atoms with Gasteiger partial charge in [-0.25, -0.2) is 13.8 Å². The fourth-order valence-electron chi connectivity index (χ4n) is 2.91. The Bertz CT molecular complexity index is 1300. The van der Waals surface area contributed by atoms with Crippen molar-refractivity contribution in [2.75, 3.05) is 11.1 Å². The van der Waals surface area contributed by atoms with Crippen LogP contribution in [0.15, 0.2) is 63.9 Å². The van der Waals surface area contributed by atoms with E-state index in [1.165, 1.54) is 11.3 Å². The van der Waals surface area contributed by atoms with Gasteiger partial charge in [-0.2, -0.15) is 0 Å². The number of hydrogen-bond acceptors (Lipinski definition) is 5. The highest BCUT2D eigenvalue weighted by Crippen LogP contribution is 2.25. The third kappa shape index (κ3) is 4.12. The number of fused-ring (bicyclic) bond motifs is 1. The molecule has 30 heavy (non-hydrogen) atoms. The van der Waals surface area contributed by atoms with E-state index in [0.29, 0.717) is 15.9 Å². The fourth-order valence-corrected chi connectivity index (χ4v) is 4.49. The molecule has 1 N–H and O–H groups in total. The normalized spacial score (nSPS) is 11.0. The van der Waals surface area contributed by atoms with Crippen molar-refractivity contribution in [3.8, 4) is 5.69 Å². The number of thioether (sulfide) groups is 1. The van der Waals surface area contributed by atoms with Crippen molar-refractivity contribution in [2.45, 2.75) is 12.1 Å². The molecule has 9 heteroatoms. The second-order valence-corrected chi connectivity index (χ2v) is 8.31. The van der Waals surface area contributed by atoms with Crippen LogP contribution >= 0.6 is 23.1 Å². The van der Waals surface area contributed by atoms with Gasteiger partial charge in [0.1, 0.15) is 16.3 Å². The number of halogens is 2. The second kappa shape index (κ2) is 8.37. The lowest BCUT2D eigenvalue weighted by Gasteiger charge is -2.13. The molecule has 5 nitrogen and oxygen atoms in total. The minimum Gasteiger partial charge on any atom is -0.325 e. The highest BCUT2D eigenvalue weighted by molar-refractivity contribution is 7.99. The Morgan fingerprint density at radius 2 is 1.90 bits per heavy atom. The van der Waals surface area contributed by atoms with Gasteiger partial charge in [0.15, 0.2) is 5.16 Å². The van der Waals surface area contributed by atoms with E-state index in [1.807, 2.05) is 25.1 Å². The Kier molecular flexibility index (Phi) is 5.65. The number of anilines is 1. The molecule has 0 saturated carbocycles. The van der Waals surface area contributed by atoms with E-state index in [0.717, 1.165) is 40.1 Å². The minimum absolute atomic E-state index is 0.0158. The smallest absolute Gasteiger partial charge is 0.276 e. The molecule has 1 amide bonds. The van der Waals surface area contributed by atoms with Crippen LogP contribution in [0.1, 0.15) is 5.56 Å². The summed E-state index contributed by atoms with van der Waals surface area (Å²) >= 11 is 2.21. The lowest BCUT2D eigenvalue weighted by Crippen LogP contribution is -2.22.